The number of ether oxygens (including phenoxy) is 2. The van der Waals surface area contributed by atoms with Gasteiger partial charge in [-0.3, -0.25) is 0 Å². The number of carbonyl (C=O) groups excluding carboxylic acids is 1. The molecule has 10 heteroatoms. The lowest BCUT2D eigenvalue weighted by molar-refractivity contribution is 0.0144. The molecule has 1 spiro atoms. The van der Waals surface area contributed by atoms with Gasteiger partial charge in [-0.05, 0) is 113 Å². The first kappa shape index (κ1) is 35.0. The number of nitriles is 1. The second-order valence-corrected chi connectivity index (χ2v) is 16.1. The van der Waals surface area contributed by atoms with Crippen molar-refractivity contribution in [1.82, 2.24) is 19.8 Å². The zero-order valence-corrected chi connectivity index (χ0v) is 30.3. The first-order chi connectivity index (χ1) is 23.3. The van der Waals surface area contributed by atoms with Crippen molar-refractivity contribution in [3.8, 4) is 11.8 Å². The minimum Gasteiger partial charge on any atom is -0.487 e. The Hall–Kier alpha value is -3.87. The lowest BCUT2D eigenvalue weighted by atomic mass is 9.72. The third-order valence-electron chi connectivity index (χ3n) is 10.4. The summed E-state index contributed by atoms with van der Waals surface area (Å²) >= 11 is 6.29. The number of hydrogen-bond donors (Lipinski definition) is 0. The molecular formula is C39H49ClN6O3. The highest BCUT2D eigenvalue weighted by molar-refractivity contribution is 6.30. The van der Waals surface area contributed by atoms with Crippen molar-refractivity contribution in [1.29, 1.82) is 5.26 Å². The Balaban J connectivity index is 0.945. The molecule has 0 bridgehead atoms. The van der Waals surface area contributed by atoms with Crippen LogP contribution >= 0.6 is 11.6 Å². The predicted molar refractivity (Wildman–Crippen MR) is 192 cm³/mol. The van der Waals surface area contributed by atoms with Crippen LogP contribution in [0.15, 0.2) is 54.7 Å². The van der Waals surface area contributed by atoms with Gasteiger partial charge in [-0.25, -0.2) is 14.8 Å². The van der Waals surface area contributed by atoms with Crippen molar-refractivity contribution in [2.75, 3.05) is 50.7 Å². The highest BCUT2D eigenvalue weighted by atomic mass is 35.5. The number of carbonyl (C=O) groups is 1. The topological polar surface area (TPSA) is 94.8 Å². The van der Waals surface area contributed by atoms with Crippen molar-refractivity contribution < 1.29 is 14.3 Å². The molecule has 3 aliphatic heterocycles. The van der Waals surface area contributed by atoms with E-state index in [4.69, 9.17) is 26.1 Å². The van der Waals surface area contributed by atoms with E-state index in [1.54, 1.807) is 6.07 Å². The Morgan fingerprint density at radius 1 is 0.980 bits per heavy atom. The van der Waals surface area contributed by atoms with Crippen molar-refractivity contribution >= 4 is 23.6 Å². The third-order valence-corrected chi connectivity index (χ3v) is 10.7. The maximum atomic E-state index is 12.4. The van der Waals surface area contributed by atoms with Gasteiger partial charge < -0.3 is 24.2 Å². The summed E-state index contributed by atoms with van der Waals surface area (Å²) in [6.07, 6.45) is 6.14. The normalized spacial score (nSPS) is 18.6. The summed E-state index contributed by atoms with van der Waals surface area (Å²) in [6, 6.07) is 17.7. The molecule has 260 valence electrons. The van der Waals surface area contributed by atoms with Gasteiger partial charge in [0.2, 0.25) is 5.95 Å². The summed E-state index contributed by atoms with van der Waals surface area (Å²) in [5.41, 5.74) is 3.08. The van der Waals surface area contributed by atoms with E-state index >= 15 is 0 Å². The molecule has 3 fully saturated rings. The largest absolute Gasteiger partial charge is 0.487 e. The standard InChI is InChI=1S/C39H49ClN6O3/c1-37(2,3)49-36(47)45-16-11-28(12-17-45)24-44-18-13-39(14-19-44)26-46(27-39)35-42-15-10-33(43-35)25-48-34-8-6-30(7-9-34)38(4,5)31-20-29(23-41)21-32(40)22-31/h6-10,15,20-22,28H,11-14,16-19,24-27H2,1-5H3. The molecule has 4 heterocycles. The van der Waals surface area contributed by atoms with Crippen LogP contribution in [0.3, 0.4) is 0 Å². The molecule has 0 aliphatic carbocycles. The highest BCUT2D eigenvalue weighted by Crippen LogP contribution is 2.42. The molecule has 0 atom stereocenters. The molecule has 3 saturated heterocycles. The molecule has 6 rings (SSSR count). The van der Waals surface area contributed by atoms with Crippen LogP contribution in [0.5, 0.6) is 5.75 Å². The van der Waals surface area contributed by atoms with Crippen LogP contribution in [0.1, 0.15) is 82.7 Å². The van der Waals surface area contributed by atoms with E-state index in [1.807, 2.05) is 62.2 Å². The van der Waals surface area contributed by atoms with Crippen LogP contribution in [0.2, 0.25) is 5.02 Å². The fourth-order valence-corrected chi connectivity index (χ4v) is 7.58. The Labute approximate surface area is 296 Å². The first-order valence-electron chi connectivity index (χ1n) is 17.5. The Kier molecular flexibility index (Phi) is 10.1. The highest BCUT2D eigenvalue weighted by Gasteiger charge is 2.46. The van der Waals surface area contributed by atoms with Gasteiger partial charge in [-0.2, -0.15) is 5.26 Å². The van der Waals surface area contributed by atoms with Crippen LogP contribution in [-0.4, -0.2) is 77.3 Å². The van der Waals surface area contributed by atoms with Gasteiger partial charge in [-0.15, -0.1) is 0 Å². The number of nitrogens with zero attached hydrogens (tertiary/aromatic N) is 6. The summed E-state index contributed by atoms with van der Waals surface area (Å²) in [6.45, 7) is 17.3. The average molecular weight is 685 g/mol. The Morgan fingerprint density at radius 3 is 2.33 bits per heavy atom. The molecule has 0 radical (unpaired) electrons. The van der Waals surface area contributed by atoms with Crippen molar-refractivity contribution in [2.24, 2.45) is 11.3 Å². The fraction of sp³-hybridized carbons (Fsp3) is 0.538. The maximum absolute atomic E-state index is 12.4. The molecule has 0 N–H and O–H groups in total. The van der Waals surface area contributed by atoms with Crippen LogP contribution in [0.25, 0.3) is 0 Å². The predicted octanol–water partition coefficient (Wildman–Crippen LogP) is 7.46. The average Bonchev–Trinajstić information content (AvgIpc) is 3.06. The Morgan fingerprint density at radius 2 is 1.67 bits per heavy atom. The number of aromatic nitrogens is 2. The molecule has 3 aliphatic rings. The number of amides is 1. The van der Waals surface area contributed by atoms with Crippen LogP contribution in [0.4, 0.5) is 10.7 Å². The number of halogens is 1. The van der Waals surface area contributed by atoms with Gasteiger partial charge in [0, 0.05) is 54.8 Å². The lowest BCUT2D eigenvalue weighted by Crippen LogP contribution is -2.61. The number of piperidine rings is 2. The molecule has 9 nitrogen and oxygen atoms in total. The molecule has 0 saturated carbocycles. The van der Waals surface area contributed by atoms with E-state index in [2.05, 4.69) is 46.8 Å². The molecule has 0 unspecified atom stereocenters. The van der Waals surface area contributed by atoms with Crippen molar-refractivity contribution in [3.63, 3.8) is 0 Å². The third kappa shape index (κ3) is 8.48. The van der Waals surface area contributed by atoms with Gasteiger partial charge in [-0.1, -0.05) is 37.6 Å². The lowest BCUT2D eigenvalue weighted by Gasteiger charge is -2.54. The summed E-state index contributed by atoms with van der Waals surface area (Å²) in [4.78, 5) is 28.7. The SMILES string of the molecule is CC(C)(C)OC(=O)N1CCC(CN2CCC3(CC2)CN(c2nccc(COc4ccc(C(C)(C)c5cc(Cl)cc(C#N)c5)cc4)n2)C3)CC1. The minimum atomic E-state index is -0.448. The van der Waals surface area contributed by atoms with Gasteiger partial charge in [0.05, 0.1) is 17.3 Å². The molecule has 1 aromatic heterocycles. The number of anilines is 1. The molecule has 3 aromatic rings. The second kappa shape index (κ2) is 14.2. The van der Waals surface area contributed by atoms with Crippen molar-refractivity contribution in [3.05, 3.63) is 82.1 Å². The number of benzene rings is 2. The van der Waals surface area contributed by atoms with Gasteiger partial charge >= 0.3 is 6.09 Å². The molecular weight excluding hydrogens is 636 g/mol. The summed E-state index contributed by atoms with van der Waals surface area (Å²) in [5, 5.41) is 9.94. The van der Waals surface area contributed by atoms with Crippen molar-refractivity contribution in [2.45, 2.75) is 77.9 Å². The summed E-state index contributed by atoms with van der Waals surface area (Å²) in [7, 11) is 0. The van der Waals surface area contributed by atoms with Crippen LogP contribution < -0.4 is 9.64 Å². The molecule has 49 heavy (non-hydrogen) atoms. The summed E-state index contributed by atoms with van der Waals surface area (Å²) < 4.78 is 11.7. The second-order valence-electron chi connectivity index (χ2n) is 15.7. The molecule has 1 amide bonds. The number of likely N-dealkylation sites (tertiary alicyclic amines) is 2. The first-order valence-corrected chi connectivity index (χ1v) is 17.9. The van der Waals surface area contributed by atoms with E-state index < -0.39 is 5.60 Å². The van der Waals surface area contributed by atoms with E-state index in [0.717, 1.165) is 87.2 Å². The van der Waals surface area contributed by atoms with Gasteiger partial charge in [0.15, 0.2) is 0 Å². The summed E-state index contributed by atoms with van der Waals surface area (Å²) in [5.74, 6) is 2.19. The molecule has 2 aromatic carbocycles. The smallest absolute Gasteiger partial charge is 0.410 e. The van der Waals surface area contributed by atoms with E-state index in [0.29, 0.717) is 28.5 Å². The number of hydrogen-bond acceptors (Lipinski definition) is 8. The zero-order valence-electron chi connectivity index (χ0n) is 29.5. The van der Waals surface area contributed by atoms with Crippen LogP contribution in [-0.2, 0) is 16.8 Å². The fourth-order valence-electron chi connectivity index (χ4n) is 7.34. The van der Waals surface area contributed by atoms with E-state index in [-0.39, 0.29) is 11.5 Å². The van der Waals surface area contributed by atoms with Crippen LogP contribution in [0, 0.1) is 22.7 Å². The Bertz CT molecular complexity index is 1660. The zero-order chi connectivity index (χ0) is 34.8. The van der Waals surface area contributed by atoms with Gasteiger partial charge in [0.1, 0.15) is 18.0 Å². The monoisotopic (exact) mass is 684 g/mol. The quantitative estimate of drug-likeness (QED) is 0.241. The maximum Gasteiger partial charge on any atom is 0.410 e. The number of rotatable bonds is 8. The minimum absolute atomic E-state index is 0.180. The van der Waals surface area contributed by atoms with Gasteiger partial charge in [0.25, 0.3) is 0 Å². The van der Waals surface area contributed by atoms with E-state index in [9.17, 15) is 10.1 Å². The van der Waals surface area contributed by atoms with E-state index in [1.165, 1.54) is 12.8 Å².